The quantitative estimate of drug-likeness (QED) is 0.398. The Morgan fingerprint density at radius 3 is 1.37 bits per heavy atom. The normalized spacial score (nSPS) is 11.2. The van der Waals surface area contributed by atoms with E-state index in [9.17, 15) is 0 Å². The fourth-order valence-electron chi connectivity index (χ4n) is 3.89. The van der Waals surface area contributed by atoms with E-state index in [1.807, 2.05) is 0 Å². The van der Waals surface area contributed by atoms with E-state index < -0.39 is 0 Å². The van der Waals surface area contributed by atoms with Crippen LogP contribution in [0, 0.1) is 25.7 Å². The molecule has 0 amide bonds. The smallest absolute Gasteiger partial charge is 0.0418 e. The van der Waals surface area contributed by atoms with E-state index in [0.717, 1.165) is 35.6 Å². The first-order chi connectivity index (χ1) is 14.3. The summed E-state index contributed by atoms with van der Waals surface area (Å²) in [5.74, 6) is 1.32. The zero-order chi connectivity index (χ0) is 21.7. The molecule has 0 heterocycles. The van der Waals surface area contributed by atoms with Crippen molar-refractivity contribution < 1.29 is 0 Å². The number of aryl methyl sites for hydroxylation is 2. The summed E-state index contributed by atoms with van der Waals surface area (Å²) in [7, 11) is 0. The summed E-state index contributed by atoms with van der Waals surface area (Å²) in [4.78, 5) is 0. The summed E-state index contributed by atoms with van der Waals surface area (Å²) >= 11 is 0. The summed E-state index contributed by atoms with van der Waals surface area (Å²) in [6, 6.07) is 22.0. The third-order valence-corrected chi connectivity index (χ3v) is 5.27. The molecule has 158 valence electrons. The van der Waals surface area contributed by atoms with Crippen molar-refractivity contribution in [3.8, 4) is 0 Å². The van der Waals surface area contributed by atoms with Crippen molar-refractivity contribution in [3.63, 3.8) is 0 Å². The van der Waals surface area contributed by atoms with Crippen molar-refractivity contribution in [1.82, 2.24) is 0 Å². The van der Waals surface area contributed by atoms with Crippen molar-refractivity contribution in [2.75, 3.05) is 10.6 Å². The monoisotopic (exact) mass is 400 g/mol. The van der Waals surface area contributed by atoms with Gasteiger partial charge in [0.15, 0.2) is 0 Å². The lowest BCUT2D eigenvalue weighted by Crippen LogP contribution is -2.00. The Morgan fingerprint density at radius 1 is 0.600 bits per heavy atom. The highest BCUT2D eigenvalue weighted by Gasteiger charge is 2.07. The highest BCUT2D eigenvalue weighted by Crippen LogP contribution is 2.30. The molecule has 0 aliphatic rings. The van der Waals surface area contributed by atoms with Gasteiger partial charge in [-0.05, 0) is 97.2 Å². The third-order valence-electron chi connectivity index (χ3n) is 5.27. The molecular weight excluding hydrogens is 364 g/mol. The highest BCUT2D eigenvalue weighted by atomic mass is 14.9. The molecule has 0 spiro atoms. The van der Waals surface area contributed by atoms with Gasteiger partial charge in [-0.1, -0.05) is 52.0 Å². The number of nitrogens with one attached hydrogen (secondary N) is 2. The van der Waals surface area contributed by atoms with Gasteiger partial charge in [-0.25, -0.2) is 0 Å². The first-order valence-electron chi connectivity index (χ1n) is 11.1. The number of hydrogen-bond donors (Lipinski definition) is 2. The Hall–Kier alpha value is -2.74. The summed E-state index contributed by atoms with van der Waals surface area (Å²) < 4.78 is 0. The molecule has 3 aromatic carbocycles. The minimum absolute atomic E-state index is 0.661. The van der Waals surface area contributed by atoms with E-state index >= 15 is 0 Å². The Kier molecular flexibility index (Phi) is 7.20. The number of benzene rings is 3. The van der Waals surface area contributed by atoms with E-state index in [4.69, 9.17) is 0 Å². The molecule has 2 N–H and O–H groups in total. The Morgan fingerprint density at radius 2 is 1.00 bits per heavy atom. The average Bonchev–Trinajstić information content (AvgIpc) is 2.65. The van der Waals surface area contributed by atoms with Crippen LogP contribution >= 0.6 is 0 Å². The van der Waals surface area contributed by atoms with Gasteiger partial charge < -0.3 is 10.6 Å². The first-order valence-corrected chi connectivity index (χ1v) is 11.1. The van der Waals surface area contributed by atoms with Crippen molar-refractivity contribution in [3.05, 3.63) is 82.9 Å². The van der Waals surface area contributed by atoms with E-state index in [0.29, 0.717) is 11.8 Å². The maximum atomic E-state index is 3.62. The van der Waals surface area contributed by atoms with Gasteiger partial charge in [0.2, 0.25) is 0 Å². The standard InChI is InChI=1S/C28H36N2/c1-19(2)13-23-9-7-11-25(17-23)29-27-15-22(6)28(16-21(27)5)30-26-12-8-10-24(18-26)14-20(3)4/h7-12,15-20,29-30H,13-14H2,1-6H3. The maximum Gasteiger partial charge on any atom is 0.0418 e. The number of anilines is 4. The molecule has 0 radical (unpaired) electrons. The van der Waals surface area contributed by atoms with Crippen LogP contribution in [-0.2, 0) is 12.8 Å². The second kappa shape index (κ2) is 9.84. The molecule has 0 aliphatic carbocycles. The number of rotatable bonds is 8. The van der Waals surface area contributed by atoms with Crippen LogP contribution in [0.4, 0.5) is 22.7 Å². The second-order valence-electron chi connectivity index (χ2n) is 9.33. The van der Waals surface area contributed by atoms with Gasteiger partial charge in [0, 0.05) is 22.7 Å². The van der Waals surface area contributed by atoms with Gasteiger partial charge in [-0.15, -0.1) is 0 Å². The highest BCUT2D eigenvalue weighted by molar-refractivity contribution is 5.72. The third kappa shape index (κ3) is 6.13. The summed E-state index contributed by atoms with van der Waals surface area (Å²) in [6.07, 6.45) is 2.21. The van der Waals surface area contributed by atoms with Gasteiger partial charge in [0.05, 0.1) is 0 Å². The minimum Gasteiger partial charge on any atom is -0.355 e. The van der Waals surface area contributed by atoms with Gasteiger partial charge in [0.1, 0.15) is 0 Å². The van der Waals surface area contributed by atoms with E-state index in [-0.39, 0.29) is 0 Å². The molecule has 0 aromatic heterocycles. The molecule has 0 bridgehead atoms. The fraction of sp³-hybridized carbons (Fsp3) is 0.357. The van der Waals surface area contributed by atoms with E-state index in [1.165, 1.54) is 22.3 Å². The van der Waals surface area contributed by atoms with Gasteiger partial charge in [-0.3, -0.25) is 0 Å². The minimum atomic E-state index is 0.661. The molecular formula is C28H36N2. The lowest BCUT2D eigenvalue weighted by atomic mass is 10.0. The molecule has 3 aromatic rings. The Bertz CT molecular complexity index is 904. The molecule has 0 aliphatic heterocycles. The molecule has 0 fully saturated rings. The van der Waals surface area contributed by atoms with Crippen LogP contribution in [-0.4, -0.2) is 0 Å². The van der Waals surface area contributed by atoms with E-state index in [1.54, 1.807) is 0 Å². The average molecular weight is 401 g/mol. The molecule has 2 heteroatoms. The van der Waals surface area contributed by atoms with Crippen LogP contribution in [0.25, 0.3) is 0 Å². The molecule has 0 saturated carbocycles. The van der Waals surface area contributed by atoms with Crippen molar-refractivity contribution >= 4 is 22.7 Å². The van der Waals surface area contributed by atoms with Crippen LogP contribution < -0.4 is 10.6 Å². The topological polar surface area (TPSA) is 24.1 Å². The zero-order valence-corrected chi connectivity index (χ0v) is 19.3. The SMILES string of the molecule is Cc1cc(Nc2cccc(CC(C)C)c2)c(C)cc1Nc1cccc(CC(C)C)c1. The fourth-order valence-corrected chi connectivity index (χ4v) is 3.89. The van der Waals surface area contributed by atoms with Crippen molar-refractivity contribution in [2.45, 2.75) is 54.4 Å². The molecule has 30 heavy (non-hydrogen) atoms. The maximum absolute atomic E-state index is 3.62. The van der Waals surface area contributed by atoms with Gasteiger partial charge in [0.25, 0.3) is 0 Å². The molecule has 0 atom stereocenters. The lowest BCUT2D eigenvalue weighted by Gasteiger charge is -2.17. The molecule has 0 saturated heterocycles. The van der Waals surface area contributed by atoms with Crippen molar-refractivity contribution in [2.24, 2.45) is 11.8 Å². The molecule has 3 rings (SSSR count). The second-order valence-corrected chi connectivity index (χ2v) is 9.33. The van der Waals surface area contributed by atoms with Crippen LogP contribution in [0.15, 0.2) is 60.7 Å². The predicted octanol–water partition coefficient (Wildman–Crippen LogP) is 8.19. The first kappa shape index (κ1) is 22.0. The summed E-state index contributed by atoms with van der Waals surface area (Å²) in [5.41, 5.74) is 9.84. The summed E-state index contributed by atoms with van der Waals surface area (Å²) in [5, 5.41) is 7.24. The Labute approximate surface area is 182 Å². The Balaban J connectivity index is 1.77. The lowest BCUT2D eigenvalue weighted by molar-refractivity contribution is 0.647. The zero-order valence-electron chi connectivity index (χ0n) is 19.3. The largest absolute Gasteiger partial charge is 0.355 e. The van der Waals surface area contributed by atoms with Crippen LogP contribution in [0.3, 0.4) is 0 Å². The summed E-state index contributed by atoms with van der Waals surface area (Å²) in [6.45, 7) is 13.4. The van der Waals surface area contributed by atoms with Crippen LogP contribution in [0.2, 0.25) is 0 Å². The molecule has 2 nitrogen and oxygen atoms in total. The van der Waals surface area contributed by atoms with Gasteiger partial charge in [-0.2, -0.15) is 0 Å². The van der Waals surface area contributed by atoms with Crippen LogP contribution in [0.5, 0.6) is 0 Å². The van der Waals surface area contributed by atoms with Gasteiger partial charge >= 0.3 is 0 Å². The predicted molar refractivity (Wildman–Crippen MR) is 132 cm³/mol. The van der Waals surface area contributed by atoms with Crippen molar-refractivity contribution in [1.29, 1.82) is 0 Å². The van der Waals surface area contributed by atoms with E-state index in [2.05, 4.69) is 113 Å². The molecule has 0 unspecified atom stereocenters. The number of hydrogen-bond acceptors (Lipinski definition) is 2. The van der Waals surface area contributed by atoms with Crippen LogP contribution in [0.1, 0.15) is 49.9 Å².